The Labute approximate surface area is 169 Å². The fourth-order valence-electron chi connectivity index (χ4n) is 2.88. The van der Waals surface area contributed by atoms with Crippen molar-refractivity contribution in [2.45, 2.75) is 6.54 Å². The van der Waals surface area contributed by atoms with E-state index >= 15 is 0 Å². The van der Waals surface area contributed by atoms with Gasteiger partial charge in [-0.15, -0.1) is 0 Å². The summed E-state index contributed by atoms with van der Waals surface area (Å²) >= 11 is 0. The van der Waals surface area contributed by atoms with E-state index in [4.69, 9.17) is 15.6 Å². The number of hydrogen-bond donors (Lipinski definition) is 0. The van der Waals surface area contributed by atoms with Crippen LogP contribution in [-0.4, -0.2) is 33.7 Å². The van der Waals surface area contributed by atoms with E-state index in [1.165, 1.54) is 11.0 Å². The molecule has 2 aromatic carbocycles. The smallest absolute Gasteiger partial charge is 0.248 e. The number of hydrogen-bond acceptors (Lipinski definition) is 4. The van der Waals surface area contributed by atoms with Crippen LogP contribution in [0, 0.1) is 22.7 Å². The monoisotopic (exact) mass is 381 g/mol. The molecule has 0 unspecified atom stereocenters. The number of amides is 1. The maximum Gasteiger partial charge on any atom is 0.248 e. The molecule has 0 atom stereocenters. The first-order chi connectivity index (χ1) is 14.2. The van der Waals surface area contributed by atoms with Crippen LogP contribution in [0.2, 0.25) is 0 Å². The Bertz CT molecular complexity index is 1060. The van der Waals surface area contributed by atoms with E-state index in [0.29, 0.717) is 6.54 Å². The molecule has 6 heteroatoms. The van der Waals surface area contributed by atoms with Gasteiger partial charge >= 0.3 is 0 Å². The van der Waals surface area contributed by atoms with Gasteiger partial charge in [0.25, 0.3) is 0 Å². The van der Waals surface area contributed by atoms with Crippen LogP contribution in [0.15, 0.2) is 72.9 Å². The Hall–Kier alpha value is -4.16. The first kappa shape index (κ1) is 19.6. The van der Waals surface area contributed by atoms with Gasteiger partial charge in [0.05, 0.1) is 24.4 Å². The van der Waals surface area contributed by atoms with Crippen LogP contribution in [-0.2, 0) is 11.3 Å². The first-order valence-electron chi connectivity index (χ1n) is 9.09. The van der Waals surface area contributed by atoms with Gasteiger partial charge < -0.3 is 4.90 Å². The van der Waals surface area contributed by atoms with Crippen molar-refractivity contribution in [2.24, 2.45) is 0 Å². The van der Waals surface area contributed by atoms with Crippen LogP contribution in [0.25, 0.3) is 17.3 Å². The zero-order chi connectivity index (χ0) is 20.5. The van der Waals surface area contributed by atoms with Crippen molar-refractivity contribution in [1.82, 2.24) is 14.7 Å². The average Bonchev–Trinajstić information content (AvgIpc) is 3.16. The van der Waals surface area contributed by atoms with Crippen LogP contribution in [0.3, 0.4) is 0 Å². The van der Waals surface area contributed by atoms with E-state index in [-0.39, 0.29) is 19.0 Å². The van der Waals surface area contributed by atoms with Gasteiger partial charge in [0, 0.05) is 23.4 Å². The van der Waals surface area contributed by atoms with E-state index in [0.717, 1.165) is 22.4 Å². The molecule has 3 rings (SSSR count). The summed E-state index contributed by atoms with van der Waals surface area (Å²) in [6, 6.07) is 23.5. The highest BCUT2D eigenvalue weighted by molar-refractivity contribution is 5.93. The third-order valence-electron chi connectivity index (χ3n) is 4.26. The van der Waals surface area contributed by atoms with Crippen LogP contribution in [0.5, 0.6) is 0 Å². The van der Waals surface area contributed by atoms with Crippen LogP contribution in [0.1, 0.15) is 11.1 Å². The molecule has 3 aromatic rings. The third-order valence-corrected chi connectivity index (χ3v) is 4.26. The predicted molar refractivity (Wildman–Crippen MR) is 110 cm³/mol. The number of aromatic nitrogens is 2. The van der Waals surface area contributed by atoms with Gasteiger partial charge in [0.1, 0.15) is 13.1 Å². The topological polar surface area (TPSA) is 85.7 Å². The van der Waals surface area contributed by atoms with Crippen molar-refractivity contribution in [1.29, 1.82) is 10.5 Å². The zero-order valence-corrected chi connectivity index (χ0v) is 15.8. The SMILES string of the molecule is N#CCN(CC#N)C(=O)C=Cc1cn(Cc2ccccc2)nc1-c1ccccc1. The Kier molecular flexibility index (Phi) is 6.54. The van der Waals surface area contributed by atoms with Gasteiger partial charge in [-0.05, 0) is 11.6 Å². The van der Waals surface area contributed by atoms with Crippen molar-refractivity contribution >= 4 is 12.0 Å². The molecule has 0 bridgehead atoms. The van der Waals surface area contributed by atoms with Crippen LogP contribution >= 0.6 is 0 Å². The Balaban J connectivity index is 1.91. The Morgan fingerprint density at radius 2 is 1.62 bits per heavy atom. The van der Waals surface area contributed by atoms with E-state index in [1.54, 1.807) is 6.08 Å². The summed E-state index contributed by atoms with van der Waals surface area (Å²) in [5.74, 6) is -0.386. The molecular formula is C23H19N5O. The van der Waals surface area contributed by atoms with Crippen LogP contribution < -0.4 is 0 Å². The molecule has 0 N–H and O–H groups in total. The highest BCUT2D eigenvalue weighted by atomic mass is 16.2. The summed E-state index contributed by atoms with van der Waals surface area (Å²) in [6.07, 6.45) is 4.95. The lowest BCUT2D eigenvalue weighted by atomic mass is 10.1. The highest BCUT2D eigenvalue weighted by Crippen LogP contribution is 2.23. The standard InChI is InChI=1S/C23H19N5O/c24-13-15-27(16-14-25)22(29)12-11-21-18-28(17-19-7-3-1-4-8-19)26-23(21)20-9-5-2-6-10-20/h1-12,18H,15-17H2. The van der Waals surface area contributed by atoms with Crippen molar-refractivity contribution in [2.75, 3.05) is 13.1 Å². The molecule has 0 fully saturated rings. The van der Waals surface area contributed by atoms with Crippen molar-refractivity contribution in [3.63, 3.8) is 0 Å². The number of rotatable bonds is 7. The summed E-state index contributed by atoms with van der Waals surface area (Å²) in [5.41, 5.74) is 3.61. The largest absolute Gasteiger partial charge is 0.313 e. The predicted octanol–water partition coefficient (Wildman–Crippen LogP) is 3.49. The highest BCUT2D eigenvalue weighted by Gasteiger charge is 2.12. The zero-order valence-electron chi connectivity index (χ0n) is 15.8. The van der Waals surface area contributed by atoms with Gasteiger partial charge in [-0.25, -0.2) is 0 Å². The molecule has 142 valence electrons. The summed E-state index contributed by atoms with van der Waals surface area (Å²) < 4.78 is 1.84. The van der Waals surface area contributed by atoms with Gasteiger partial charge in [0.15, 0.2) is 0 Å². The minimum absolute atomic E-state index is 0.129. The fourth-order valence-corrected chi connectivity index (χ4v) is 2.88. The van der Waals surface area contributed by atoms with Crippen molar-refractivity contribution in [3.8, 4) is 23.4 Å². The molecular weight excluding hydrogens is 362 g/mol. The van der Waals surface area contributed by atoms with E-state index < -0.39 is 0 Å². The minimum atomic E-state index is -0.386. The van der Waals surface area contributed by atoms with Crippen molar-refractivity contribution in [3.05, 3.63) is 84.1 Å². The number of carbonyl (C=O) groups is 1. The molecule has 0 aliphatic heterocycles. The Morgan fingerprint density at radius 1 is 1.00 bits per heavy atom. The molecule has 0 aliphatic carbocycles. The molecule has 0 spiro atoms. The average molecular weight is 381 g/mol. The number of benzene rings is 2. The maximum absolute atomic E-state index is 12.4. The van der Waals surface area contributed by atoms with E-state index in [1.807, 2.05) is 83.7 Å². The van der Waals surface area contributed by atoms with Gasteiger partial charge in [-0.3, -0.25) is 9.48 Å². The number of carbonyl (C=O) groups excluding carboxylic acids is 1. The molecule has 0 saturated carbocycles. The van der Waals surface area contributed by atoms with Gasteiger partial charge in [-0.1, -0.05) is 60.7 Å². The fraction of sp³-hybridized carbons (Fsp3) is 0.130. The van der Waals surface area contributed by atoms with Crippen LogP contribution in [0.4, 0.5) is 0 Å². The molecule has 6 nitrogen and oxygen atoms in total. The number of nitriles is 2. The summed E-state index contributed by atoms with van der Waals surface area (Å²) in [7, 11) is 0. The minimum Gasteiger partial charge on any atom is -0.313 e. The molecule has 1 aromatic heterocycles. The lowest BCUT2D eigenvalue weighted by molar-refractivity contribution is -0.124. The van der Waals surface area contributed by atoms with Gasteiger partial charge in [0.2, 0.25) is 5.91 Å². The molecule has 1 amide bonds. The Morgan fingerprint density at radius 3 is 2.24 bits per heavy atom. The quantitative estimate of drug-likeness (QED) is 0.463. The molecule has 0 aliphatic rings. The van der Waals surface area contributed by atoms with E-state index in [2.05, 4.69) is 0 Å². The normalized spacial score (nSPS) is 10.4. The summed E-state index contributed by atoms with van der Waals surface area (Å²) in [5, 5.41) is 22.4. The summed E-state index contributed by atoms with van der Waals surface area (Å²) in [4.78, 5) is 13.5. The summed E-state index contributed by atoms with van der Waals surface area (Å²) in [6.45, 7) is 0.350. The number of nitrogens with zero attached hydrogens (tertiary/aromatic N) is 5. The third kappa shape index (κ3) is 5.18. The molecule has 0 radical (unpaired) electrons. The molecule has 29 heavy (non-hydrogen) atoms. The lowest BCUT2D eigenvalue weighted by Crippen LogP contribution is -2.30. The first-order valence-corrected chi connectivity index (χ1v) is 9.09. The second-order valence-electron chi connectivity index (χ2n) is 6.33. The second-order valence-corrected chi connectivity index (χ2v) is 6.33. The van der Waals surface area contributed by atoms with Crippen molar-refractivity contribution < 1.29 is 4.79 Å². The van der Waals surface area contributed by atoms with Gasteiger partial charge in [-0.2, -0.15) is 15.6 Å². The maximum atomic E-state index is 12.4. The lowest BCUT2D eigenvalue weighted by Gasteiger charge is -2.12. The molecule has 1 heterocycles. The second kappa shape index (κ2) is 9.68. The molecule has 0 saturated heterocycles. The van der Waals surface area contributed by atoms with E-state index in [9.17, 15) is 4.79 Å².